The molecule has 1 aromatic carbocycles. The van der Waals surface area contributed by atoms with Gasteiger partial charge in [0.1, 0.15) is 0 Å². The van der Waals surface area contributed by atoms with Gasteiger partial charge in [0.15, 0.2) is 0 Å². The number of nitro groups is 1. The number of halogens is 1. The van der Waals surface area contributed by atoms with Crippen LogP contribution in [-0.4, -0.2) is 11.5 Å². The lowest BCUT2D eigenvalue weighted by atomic mass is 10.3. The van der Waals surface area contributed by atoms with E-state index < -0.39 is 4.92 Å². The summed E-state index contributed by atoms with van der Waals surface area (Å²) in [5.74, 6) is 0. The molecular formula is C8H9BrN2O2. The van der Waals surface area contributed by atoms with Gasteiger partial charge in [0.05, 0.1) is 9.40 Å². The van der Waals surface area contributed by atoms with Crippen molar-refractivity contribution in [1.29, 1.82) is 0 Å². The van der Waals surface area contributed by atoms with Gasteiger partial charge in [0.2, 0.25) is 0 Å². The van der Waals surface area contributed by atoms with E-state index in [1.54, 1.807) is 12.1 Å². The second kappa shape index (κ2) is 4.23. The predicted octanol–water partition coefficient (Wildman–Crippen LogP) is 2.79. The lowest BCUT2D eigenvalue weighted by molar-refractivity contribution is -0.385. The third kappa shape index (κ3) is 2.42. The fourth-order valence-electron chi connectivity index (χ4n) is 0.967. The van der Waals surface area contributed by atoms with Gasteiger partial charge in [-0.1, -0.05) is 0 Å². The highest BCUT2D eigenvalue weighted by Gasteiger charge is 2.11. The smallest absolute Gasteiger partial charge is 0.285 e. The summed E-state index contributed by atoms with van der Waals surface area (Å²) < 4.78 is 0.499. The molecule has 0 unspecified atom stereocenters. The zero-order valence-electron chi connectivity index (χ0n) is 7.08. The highest BCUT2D eigenvalue weighted by Crippen LogP contribution is 2.27. The molecule has 1 rings (SSSR count). The third-order valence-electron chi connectivity index (χ3n) is 1.52. The van der Waals surface area contributed by atoms with E-state index in [1.807, 2.05) is 6.92 Å². The van der Waals surface area contributed by atoms with E-state index in [2.05, 4.69) is 21.2 Å². The fraction of sp³-hybridized carbons (Fsp3) is 0.250. The number of benzene rings is 1. The Kier molecular flexibility index (Phi) is 3.25. The number of anilines is 1. The van der Waals surface area contributed by atoms with Crippen LogP contribution in [0, 0.1) is 10.1 Å². The predicted molar refractivity (Wildman–Crippen MR) is 55.0 cm³/mol. The Balaban J connectivity index is 3.04. The summed E-state index contributed by atoms with van der Waals surface area (Å²) in [5, 5.41) is 13.5. The first-order valence-electron chi connectivity index (χ1n) is 3.83. The molecule has 1 aromatic rings. The lowest BCUT2D eigenvalue weighted by Gasteiger charge is -2.02. The first-order chi connectivity index (χ1) is 6.15. The summed E-state index contributed by atoms with van der Waals surface area (Å²) >= 11 is 3.11. The van der Waals surface area contributed by atoms with Gasteiger partial charge in [0.25, 0.3) is 5.69 Å². The van der Waals surface area contributed by atoms with E-state index in [1.165, 1.54) is 6.07 Å². The number of hydrogen-bond donors (Lipinski definition) is 1. The summed E-state index contributed by atoms with van der Waals surface area (Å²) in [4.78, 5) is 10.1. The van der Waals surface area contributed by atoms with Crippen molar-refractivity contribution in [3.8, 4) is 0 Å². The molecule has 0 heterocycles. The van der Waals surface area contributed by atoms with E-state index in [0.29, 0.717) is 4.47 Å². The largest absolute Gasteiger partial charge is 0.385 e. The van der Waals surface area contributed by atoms with Crippen molar-refractivity contribution in [1.82, 2.24) is 0 Å². The summed E-state index contributed by atoms with van der Waals surface area (Å²) in [5.41, 5.74) is 0.843. The van der Waals surface area contributed by atoms with Crippen LogP contribution < -0.4 is 5.32 Å². The highest BCUT2D eigenvalue weighted by atomic mass is 79.9. The average molecular weight is 245 g/mol. The monoisotopic (exact) mass is 244 g/mol. The molecule has 4 nitrogen and oxygen atoms in total. The Bertz CT molecular complexity index is 328. The van der Waals surface area contributed by atoms with Gasteiger partial charge in [-0.3, -0.25) is 10.1 Å². The Labute approximate surface area is 84.2 Å². The minimum absolute atomic E-state index is 0.0819. The Morgan fingerprint density at radius 2 is 2.31 bits per heavy atom. The summed E-state index contributed by atoms with van der Waals surface area (Å²) in [6.07, 6.45) is 0. The fourth-order valence-corrected chi connectivity index (χ4v) is 1.36. The van der Waals surface area contributed by atoms with Crippen LogP contribution >= 0.6 is 15.9 Å². The quantitative estimate of drug-likeness (QED) is 0.658. The molecule has 13 heavy (non-hydrogen) atoms. The topological polar surface area (TPSA) is 55.2 Å². The molecule has 0 fully saturated rings. The number of rotatable bonds is 3. The second-order valence-electron chi connectivity index (χ2n) is 2.45. The van der Waals surface area contributed by atoms with E-state index in [9.17, 15) is 10.1 Å². The maximum atomic E-state index is 10.5. The van der Waals surface area contributed by atoms with E-state index in [-0.39, 0.29) is 5.69 Å². The van der Waals surface area contributed by atoms with Gasteiger partial charge >= 0.3 is 0 Å². The molecule has 0 aromatic heterocycles. The molecule has 0 aliphatic carbocycles. The van der Waals surface area contributed by atoms with Gasteiger partial charge in [-0.05, 0) is 35.0 Å². The molecular weight excluding hydrogens is 236 g/mol. The minimum Gasteiger partial charge on any atom is -0.385 e. The number of nitro benzene ring substituents is 1. The lowest BCUT2D eigenvalue weighted by Crippen LogP contribution is -1.97. The van der Waals surface area contributed by atoms with Crippen LogP contribution in [0.2, 0.25) is 0 Å². The van der Waals surface area contributed by atoms with Crippen LogP contribution in [0.25, 0.3) is 0 Å². The standard InChI is InChI=1S/C8H9BrN2O2/c1-2-10-6-3-4-7(9)8(5-6)11(12)13/h3-5,10H,2H2,1H3. The van der Waals surface area contributed by atoms with Crippen LogP contribution in [0.15, 0.2) is 22.7 Å². The summed E-state index contributed by atoms with van der Waals surface area (Å²) in [6, 6.07) is 4.96. The first-order valence-corrected chi connectivity index (χ1v) is 4.62. The van der Waals surface area contributed by atoms with Crippen LogP contribution in [0.1, 0.15) is 6.92 Å². The third-order valence-corrected chi connectivity index (χ3v) is 2.19. The Hall–Kier alpha value is -1.10. The molecule has 0 bridgehead atoms. The zero-order chi connectivity index (χ0) is 9.84. The minimum atomic E-state index is -0.412. The SMILES string of the molecule is CCNc1ccc(Br)c([N+](=O)[O-])c1. The summed E-state index contributed by atoms with van der Waals surface area (Å²) in [7, 11) is 0. The van der Waals surface area contributed by atoms with E-state index in [0.717, 1.165) is 12.2 Å². The average Bonchev–Trinajstić information content (AvgIpc) is 2.08. The highest BCUT2D eigenvalue weighted by molar-refractivity contribution is 9.10. The molecule has 0 saturated carbocycles. The molecule has 1 N–H and O–H groups in total. The van der Waals surface area contributed by atoms with Crippen molar-refractivity contribution >= 4 is 27.3 Å². The normalized spacial score (nSPS) is 9.69. The van der Waals surface area contributed by atoms with Gasteiger partial charge in [-0.2, -0.15) is 0 Å². The first kappa shape index (κ1) is 9.98. The molecule has 0 amide bonds. The van der Waals surface area contributed by atoms with Crippen LogP contribution in [-0.2, 0) is 0 Å². The Morgan fingerprint density at radius 1 is 1.62 bits per heavy atom. The molecule has 0 spiro atoms. The molecule has 0 aliphatic heterocycles. The molecule has 0 radical (unpaired) electrons. The van der Waals surface area contributed by atoms with Crippen molar-refractivity contribution in [2.45, 2.75) is 6.92 Å². The molecule has 70 valence electrons. The second-order valence-corrected chi connectivity index (χ2v) is 3.31. The van der Waals surface area contributed by atoms with Gasteiger partial charge in [-0.25, -0.2) is 0 Å². The van der Waals surface area contributed by atoms with Crippen molar-refractivity contribution in [2.75, 3.05) is 11.9 Å². The molecule has 5 heteroatoms. The van der Waals surface area contributed by atoms with Crippen LogP contribution in [0.5, 0.6) is 0 Å². The molecule has 0 atom stereocenters. The van der Waals surface area contributed by atoms with Crippen LogP contribution in [0.4, 0.5) is 11.4 Å². The number of nitrogens with one attached hydrogen (secondary N) is 1. The number of hydrogen-bond acceptors (Lipinski definition) is 3. The van der Waals surface area contributed by atoms with Crippen LogP contribution in [0.3, 0.4) is 0 Å². The van der Waals surface area contributed by atoms with Crippen molar-refractivity contribution < 1.29 is 4.92 Å². The van der Waals surface area contributed by atoms with Crippen molar-refractivity contribution in [3.63, 3.8) is 0 Å². The molecule has 0 aliphatic rings. The van der Waals surface area contributed by atoms with E-state index in [4.69, 9.17) is 0 Å². The maximum Gasteiger partial charge on any atom is 0.285 e. The maximum absolute atomic E-state index is 10.5. The van der Waals surface area contributed by atoms with E-state index >= 15 is 0 Å². The summed E-state index contributed by atoms with van der Waals surface area (Å²) in [6.45, 7) is 2.69. The van der Waals surface area contributed by atoms with Crippen molar-refractivity contribution in [3.05, 3.63) is 32.8 Å². The molecule has 0 saturated heterocycles. The zero-order valence-corrected chi connectivity index (χ0v) is 8.67. The van der Waals surface area contributed by atoms with Gasteiger partial charge < -0.3 is 5.32 Å². The van der Waals surface area contributed by atoms with Gasteiger partial charge in [0, 0.05) is 18.3 Å². The Morgan fingerprint density at radius 3 is 2.85 bits per heavy atom. The number of nitrogens with zero attached hydrogens (tertiary/aromatic N) is 1. The van der Waals surface area contributed by atoms with Crippen molar-refractivity contribution in [2.24, 2.45) is 0 Å². The van der Waals surface area contributed by atoms with Gasteiger partial charge in [-0.15, -0.1) is 0 Å².